The fourth-order valence-electron chi connectivity index (χ4n) is 3.90. The van der Waals surface area contributed by atoms with E-state index in [0.29, 0.717) is 19.0 Å². The molecule has 4 atom stereocenters. The van der Waals surface area contributed by atoms with Crippen LogP contribution in [0.1, 0.15) is 48.7 Å². The number of carbonyl (C=O) groups is 1. The molecule has 0 radical (unpaired) electrons. The number of nitrogens with zero attached hydrogens (tertiary/aromatic N) is 1. The molecular weight excluding hydrogens is 360 g/mol. The van der Waals surface area contributed by atoms with E-state index >= 15 is 0 Å². The van der Waals surface area contributed by atoms with E-state index in [1.165, 1.54) is 12.0 Å². The summed E-state index contributed by atoms with van der Waals surface area (Å²) in [5, 5.41) is 0. The molecule has 0 aliphatic heterocycles. The first-order chi connectivity index (χ1) is 12.7. The van der Waals surface area contributed by atoms with Gasteiger partial charge in [0.1, 0.15) is 11.5 Å². The third kappa shape index (κ3) is 4.56. The lowest BCUT2D eigenvalue weighted by atomic mass is 10.1. The van der Waals surface area contributed by atoms with Gasteiger partial charge in [-0.15, -0.1) is 12.4 Å². The largest absolute Gasteiger partial charge is 0.465 e. The SMILES string of the molecule is CC1CC1c1ccc(C2CC2C(=O)N(CCN)CCc2ccccc2)o1.Cl. The highest BCUT2D eigenvalue weighted by Crippen LogP contribution is 2.52. The first-order valence-electron chi connectivity index (χ1n) is 9.79. The van der Waals surface area contributed by atoms with Gasteiger partial charge in [-0.1, -0.05) is 37.3 Å². The summed E-state index contributed by atoms with van der Waals surface area (Å²) in [6, 6.07) is 14.5. The van der Waals surface area contributed by atoms with E-state index in [0.717, 1.165) is 36.8 Å². The summed E-state index contributed by atoms with van der Waals surface area (Å²) < 4.78 is 6.06. The molecule has 5 heteroatoms. The van der Waals surface area contributed by atoms with Crippen molar-refractivity contribution in [3.05, 3.63) is 59.5 Å². The summed E-state index contributed by atoms with van der Waals surface area (Å²) in [6.07, 6.45) is 3.00. The fraction of sp³-hybridized carbons (Fsp3) is 0.500. The number of nitrogens with two attached hydrogens (primary N) is 1. The molecule has 2 aliphatic carbocycles. The lowest BCUT2D eigenvalue weighted by molar-refractivity contribution is -0.132. The second-order valence-electron chi connectivity index (χ2n) is 7.86. The molecule has 0 spiro atoms. The standard InChI is InChI=1S/C22H28N2O2.ClH/c1-15-13-17(15)20-7-8-21(26-20)18-14-19(18)22(25)24(12-10-23)11-9-16-5-3-2-4-6-16;/h2-8,15,17-19H,9-14,23H2,1H3;1H. The highest BCUT2D eigenvalue weighted by molar-refractivity contribution is 5.85. The second kappa shape index (κ2) is 8.49. The Kier molecular flexibility index (Phi) is 6.28. The predicted octanol–water partition coefficient (Wildman–Crippen LogP) is 3.96. The molecule has 4 unspecified atom stereocenters. The van der Waals surface area contributed by atoms with E-state index in [9.17, 15) is 4.79 Å². The summed E-state index contributed by atoms with van der Waals surface area (Å²) >= 11 is 0. The lowest BCUT2D eigenvalue weighted by Gasteiger charge is -2.22. The first-order valence-corrected chi connectivity index (χ1v) is 9.79. The molecule has 4 nitrogen and oxygen atoms in total. The van der Waals surface area contributed by atoms with Gasteiger partial charge < -0.3 is 15.1 Å². The van der Waals surface area contributed by atoms with Gasteiger partial charge in [0, 0.05) is 37.4 Å². The predicted molar refractivity (Wildman–Crippen MR) is 109 cm³/mol. The molecule has 146 valence electrons. The van der Waals surface area contributed by atoms with Crippen molar-refractivity contribution < 1.29 is 9.21 Å². The van der Waals surface area contributed by atoms with E-state index in [4.69, 9.17) is 10.2 Å². The fourth-order valence-corrected chi connectivity index (χ4v) is 3.90. The van der Waals surface area contributed by atoms with Crippen molar-refractivity contribution in [2.45, 2.75) is 38.0 Å². The summed E-state index contributed by atoms with van der Waals surface area (Å²) in [6.45, 7) is 4.11. The first kappa shape index (κ1) is 20.0. The smallest absolute Gasteiger partial charge is 0.226 e. The van der Waals surface area contributed by atoms with E-state index in [1.807, 2.05) is 23.1 Å². The van der Waals surface area contributed by atoms with Crippen LogP contribution in [0.3, 0.4) is 0 Å². The maximum atomic E-state index is 12.9. The third-order valence-electron chi connectivity index (χ3n) is 5.82. The van der Waals surface area contributed by atoms with Gasteiger partial charge in [-0.05, 0) is 42.9 Å². The zero-order valence-electron chi connectivity index (χ0n) is 15.8. The number of furan rings is 1. The molecule has 2 aromatic rings. The van der Waals surface area contributed by atoms with Gasteiger partial charge in [-0.3, -0.25) is 4.79 Å². The molecular formula is C22H29ClN2O2. The Hall–Kier alpha value is -1.78. The quantitative estimate of drug-likeness (QED) is 0.744. The summed E-state index contributed by atoms with van der Waals surface area (Å²) in [7, 11) is 0. The Morgan fingerprint density at radius 2 is 1.74 bits per heavy atom. The summed E-state index contributed by atoms with van der Waals surface area (Å²) in [5.41, 5.74) is 7.00. The number of carbonyl (C=O) groups excluding carboxylic acids is 1. The Labute approximate surface area is 167 Å². The van der Waals surface area contributed by atoms with Gasteiger partial charge in [-0.25, -0.2) is 0 Å². The summed E-state index contributed by atoms with van der Waals surface area (Å²) in [5.74, 6) is 3.98. The maximum absolute atomic E-state index is 12.9. The Morgan fingerprint density at radius 3 is 2.37 bits per heavy atom. The highest BCUT2D eigenvalue weighted by atomic mass is 35.5. The van der Waals surface area contributed by atoms with Crippen LogP contribution in [0, 0.1) is 11.8 Å². The van der Waals surface area contributed by atoms with Crippen molar-refractivity contribution in [1.29, 1.82) is 0 Å². The van der Waals surface area contributed by atoms with Crippen LogP contribution < -0.4 is 5.73 Å². The van der Waals surface area contributed by atoms with Gasteiger partial charge in [0.15, 0.2) is 0 Å². The molecule has 27 heavy (non-hydrogen) atoms. The Bertz CT molecular complexity index is 761. The van der Waals surface area contributed by atoms with Crippen LogP contribution in [-0.4, -0.2) is 30.4 Å². The van der Waals surface area contributed by atoms with Crippen LogP contribution >= 0.6 is 12.4 Å². The van der Waals surface area contributed by atoms with Gasteiger partial charge in [0.05, 0.1) is 0 Å². The van der Waals surface area contributed by atoms with Gasteiger partial charge in [-0.2, -0.15) is 0 Å². The van der Waals surface area contributed by atoms with Crippen LogP contribution in [0.15, 0.2) is 46.9 Å². The van der Waals surface area contributed by atoms with Crippen molar-refractivity contribution >= 4 is 18.3 Å². The van der Waals surface area contributed by atoms with Crippen molar-refractivity contribution in [3.63, 3.8) is 0 Å². The van der Waals surface area contributed by atoms with Crippen LogP contribution in [-0.2, 0) is 11.2 Å². The van der Waals surface area contributed by atoms with Crippen molar-refractivity contribution in [1.82, 2.24) is 4.90 Å². The minimum absolute atomic E-state index is 0. The number of rotatable bonds is 8. The Balaban J connectivity index is 0.00000210. The van der Waals surface area contributed by atoms with E-state index in [-0.39, 0.29) is 30.2 Å². The number of halogens is 1. The second-order valence-corrected chi connectivity index (χ2v) is 7.86. The zero-order chi connectivity index (χ0) is 18.1. The van der Waals surface area contributed by atoms with E-state index in [1.54, 1.807) is 0 Å². The number of hydrogen-bond donors (Lipinski definition) is 1. The highest BCUT2D eigenvalue weighted by Gasteiger charge is 2.48. The topological polar surface area (TPSA) is 59.5 Å². The molecule has 2 aliphatic rings. The monoisotopic (exact) mass is 388 g/mol. The number of hydrogen-bond acceptors (Lipinski definition) is 3. The average Bonchev–Trinajstić information content (AvgIpc) is 3.56. The van der Waals surface area contributed by atoms with Crippen LogP contribution in [0.25, 0.3) is 0 Å². The molecule has 0 saturated heterocycles. The average molecular weight is 389 g/mol. The normalized spacial score (nSPS) is 25.6. The number of amides is 1. The number of benzene rings is 1. The molecule has 1 amide bonds. The minimum atomic E-state index is 0. The van der Waals surface area contributed by atoms with Crippen molar-refractivity contribution in [2.24, 2.45) is 17.6 Å². The van der Waals surface area contributed by atoms with Crippen LogP contribution in [0.5, 0.6) is 0 Å². The third-order valence-corrected chi connectivity index (χ3v) is 5.82. The van der Waals surface area contributed by atoms with Crippen molar-refractivity contribution in [3.8, 4) is 0 Å². The van der Waals surface area contributed by atoms with Gasteiger partial charge >= 0.3 is 0 Å². The molecule has 2 N–H and O–H groups in total. The Morgan fingerprint density at radius 1 is 1.07 bits per heavy atom. The molecule has 1 aromatic carbocycles. The van der Waals surface area contributed by atoms with Gasteiger partial charge in [0.25, 0.3) is 0 Å². The van der Waals surface area contributed by atoms with Crippen molar-refractivity contribution in [2.75, 3.05) is 19.6 Å². The molecule has 0 bridgehead atoms. The maximum Gasteiger partial charge on any atom is 0.226 e. The zero-order valence-corrected chi connectivity index (χ0v) is 16.7. The van der Waals surface area contributed by atoms with Crippen LogP contribution in [0.2, 0.25) is 0 Å². The molecule has 1 aromatic heterocycles. The molecule has 1 heterocycles. The van der Waals surface area contributed by atoms with E-state index < -0.39 is 0 Å². The minimum Gasteiger partial charge on any atom is -0.465 e. The molecule has 2 fully saturated rings. The summed E-state index contributed by atoms with van der Waals surface area (Å²) in [4.78, 5) is 14.9. The lowest BCUT2D eigenvalue weighted by Crippen LogP contribution is -2.38. The van der Waals surface area contributed by atoms with Crippen LogP contribution in [0.4, 0.5) is 0 Å². The van der Waals surface area contributed by atoms with Gasteiger partial charge in [0.2, 0.25) is 5.91 Å². The van der Waals surface area contributed by atoms with E-state index in [2.05, 4.69) is 31.2 Å². The molecule has 2 saturated carbocycles. The molecule has 4 rings (SSSR count).